The largest absolute Gasteiger partial charge is 0.481 e. The van der Waals surface area contributed by atoms with E-state index in [2.05, 4.69) is 26.3 Å². The molecule has 5 atom stereocenters. The molecule has 1 aliphatic heterocycles. The number of aliphatic carboxylic acids is 2. The molecule has 19 heteroatoms. The molecule has 1 aromatic rings. The highest BCUT2D eigenvalue weighted by Crippen LogP contribution is 2.07. The summed E-state index contributed by atoms with van der Waals surface area (Å²) in [6, 6.07) is 2.44. The maximum absolute atomic E-state index is 13.4. The zero-order valence-electron chi connectivity index (χ0n) is 24.0. The van der Waals surface area contributed by atoms with Gasteiger partial charge in [-0.15, -0.1) is 0 Å². The van der Waals surface area contributed by atoms with Gasteiger partial charge in [0.05, 0.1) is 18.7 Å². The van der Waals surface area contributed by atoms with Crippen molar-refractivity contribution in [3.63, 3.8) is 0 Å². The van der Waals surface area contributed by atoms with Gasteiger partial charge in [0.2, 0.25) is 29.5 Å². The minimum Gasteiger partial charge on any atom is -0.481 e. The first-order valence-electron chi connectivity index (χ1n) is 13.6. The van der Waals surface area contributed by atoms with Gasteiger partial charge in [0.1, 0.15) is 29.9 Å². The molecule has 1 heterocycles. The lowest BCUT2D eigenvalue weighted by atomic mass is 10.0. The summed E-state index contributed by atoms with van der Waals surface area (Å²) in [6.07, 6.45) is -0.778. The summed E-state index contributed by atoms with van der Waals surface area (Å²) in [5, 5.41) is 30.2. The molecule has 0 radical (unpaired) electrons. The molecule has 0 saturated carbocycles. The second-order valence-corrected chi connectivity index (χ2v) is 11.4. The average Bonchev–Trinajstić information content (AvgIpc) is 2.95. The number of rotatable bonds is 9. The van der Waals surface area contributed by atoms with Gasteiger partial charge in [0, 0.05) is 23.8 Å². The summed E-state index contributed by atoms with van der Waals surface area (Å²) >= 11 is 0. The number of hydrogen-bond donors (Lipinski definition) is 9. The third-order valence-corrected chi connectivity index (χ3v) is 7.51. The fraction of sp³-hybridized carbons (Fsp3) is 0.462. The predicted octanol–water partition coefficient (Wildman–Crippen LogP) is -4.34. The van der Waals surface area contributed by atoms with Gasteiger partial charge in [-0.3, -0.25) is 38.0 Å². The van der Waals surface area contributed by atoms with Crippen LogP contribution in [0.3, 0.4) is 0 Å². The van der Waals surface area contributed by atoms with E-state index in [0.29, 0.717) is 5.56 Å². The lowest BCUT2D eigenvalue weighted by molar-refractivity contribution is -0.143. The molecule has 1 fully saturated rings. The topological polar surface area (TPSA) is 302 Å². The standard InChI is InChI=1S/C26H36N8O10S/c27-26(28)29-8-4-7-15-22(39)30-11-19(35)31-17(10-21(37)38)24(41)34-18(25(42)43)12-45(44)13-20(36)32-16(23(40)33-15)9-14-5-2-1-3-6-14/h1-3,5-6,15-18H,4,7-13H2,(H,30,39)(H,31,35)(H,32,36)(H,33,40)(H,34,41)(H,37,38)(H,42,43)(H4,27,28,29)/t15-,16+,17-,18-,45?/m0/s1. The lowest BCUT2D eigenvalue weighted by Crippen LogP contribution is -2.57. The summed E-state index contributed by atoms with van der Waals surface area (Å²) in [5.74, 6) is -9.55. The Morgan fingerprint density at radius 2 is 1.51 bits per heavy atom. The first kappa shape index (κ1) is 36.1. The molecule has 0 aromatic heterocycles. The number of carboxylic acid groups (broad SMARTS) is 2. The SMILES string of the molecule is NC(N)=NCCC[C@@H]1NC(=O)[C@@H](Cc2ccccc2)NC(=O)CS(=O)C[C@@H](C(=O)O)NC(=O)[C@H](CC(=O)O)NC(=O)CNC1=O. The molecule has 45 heavy (non-hydrogen) atoms. The Morgan fingerprint density at radius 1 is 0.867 bits per heavy atom. The Bertz CT molecular complexity index is 1320. The van der Waals surface area contributed by atoms with Crippen LogP contribution in [0.1, 0.15) is 24.8 Å². The minimum absolute atomic E-state index is 0.00733. The van der Waals surface area contributed by atoms with E-state index in [1.165, 1.54) is 0 Å². The van der Waals surface area contributed by atoms with Gasteiger partial charge in [0.25, 0.3) is 0 Å². The van der Waals surface area contributed by atoms with Crippen LogP contribution in [-0.4, -0.2) is 111 Å². The van der Waals surface area contributed by atoms with E-state index in [1.54, 1.807) is 30.3 Å². The number of carbonyl (C=O) groups excluding carboxylic acids is 5. The number of carboxylic acids is 2. The molecule has 1 aliphatic rings. The molecule has 246 valence electrons. The monoisotopic (exact) mass is 652 g/mol. The predicted molar refractivity (Wildman–Crippen MR) is 159 cm³/mol. The van der Waals surface area contributed by atoms with Crippen molar-refractivity contribution in [1.29, 1.82) is 0 Å². The first-order valence-corrected chi connectivity index (χ1v) is 15.1. The maximum atomic E-state index is 13.4. The van der Waals surface area contributed by atoms with Gasteiger partial charge in [-0.2, -0.15) is 0 Å². The van der Waals surface area contributed by atoms with E-state index in [1.807, 2.05) is 5.32 Å². The Morgan fingerprint density at radius 3 is 2.13 bits per heavy atom. The zero-order valence-corrected chi connectivity index (χ0v) is 24.8. The summed E-state index contributed by atoms with van der Waals surface area (Å²) in [5.41, 5.74) is 11.3. The van der Waals surface area contributed by atoms with E-state index >= 15 is 0 Å². The van der Waals surface area contributed by atoms with E-state index in [4.69, 9.17) is 11.5 Å². The van der Waals surface area contributed by atoms with Gasteiger partial charge in [-0.25, -0.2) is 4.79 Å². The first-order chi connectivity index (χ1) is 21.2. The van der Waals surface area contributed by atoms with Crippen LogP contribution in [0.4, 0.5) is 0 Å². The highest BCUT2D eigenvalue weighted by Gasteiger charge is 2.32. The number of nitrogens with one attached hydrogen (secondary N) is 5. The third kappa shape index (κ3) is 13.4. The normalized spacial score (nSPS) is 23.9. The summed E-state index contributed by atoms with van der Waals surface area (Å²) in [4.78, 5) is 91.6. The second kappa shape index (κ2) is 17.9. The van der Waals surface area contributed by atoms with Crippen LogP contribution in [0.2, 0.25) is 0 Å². The van der Waals surface area contributed by atoms with Gasteiger partial charge in [0.15, 0.2) is 5.96 Å². The molecule has 5 amide bonds. The Kier molecular flexibility index (Phi) is 14.4. The molecular formula is C26H36N8O10S. The zero-order chi connectivity index (χ0) is 33.5. The van der Waals surface area contributed by atoms with Crippen molar-refractivity contribution in [3.05, 3.63) is 35.9 Å². The van der Waals surface area contributed by atoms with Crippen molar-refractivity contribution >= 4 is 58.2 Å². The molecule has 1 saturated heterocycles. The number of aliphatic imine (C=N–C) groups is 1. The molecular weight excluding hydrogens is 616 g/mol. The number of guanidine groups is 1. The van der Waals surface area contributed by atoms with Crippen LogP contribution >= 0.6 is 0 Å². The van der Waals surface area contributed by atoms with Crippen molar-refractivity contribution in [2.24, 2.45) is 16.5 Å². The van der Waals surface area contributed by atoms with Crippen LogP contribution in [0.25, 0.3) is 0 Å². The average molecular weight is 653 g/mol. The number of amides is 5. The van der Waals surface area contributed by atoms with E-state index < -0.39 is 101 Å². The second-order valence-electron chi connectivity index (χ2n) is 9.91. The van der Waals surface area contributed by atoms with Crippen molar-refractivity contribution in [1.82, 2.24) is 26.6 Å². The minimum atomic E-state index is -2.18. The highest BCUT2D eigenvalue weighted by molar-refractivity contribution is 7.85. The van der Waals surface area contributed by atoms with Gasteiger partial charge in [-0.05, 0) is 18.4 Å². The van der Waals surface area contributed by atoms with Crippen molar-refractivity contribution in [3.8, 4) is 0 Å². The summed E-state index contributed by atoms with van der Waals surface area (Å²) < 4.78 is 12.7. The molecule has 1 unspecified atom stereocenters. The van der Waals surface area contributed by atoms with Crippen LogP contribution in [0.5, 0.6) is 0 Å². The molecule has 2 rings (SSSR count). The van der Waals surface area contributed by atoms with Gasteiger partial charge >= 0.3 is 11.9 Å². The Labute approximate surface area is 259 Å². The van der Waals surface area contributed by atoms with Crippen molar-refractivity contribution in [2.75, 3.05) is 24.6 Å². The Hall–Kier alpha value is -5.07. The highest BCUT2D eigenvalue weighted by atomic mass is 32.2. The van der Waals surface area contributed by atoms with E-state index in [0.717, 1.165) is 0 Å². The summed E-state index contributed by atoms with van der Waals surface area (Å²) in [7, 11) is -2.18. The molecule has 18 nitrogen and oxygen atoms in total. The molecule has 11 N–H and O–H groups in total. The van der Waals surface area contributed by atoms with Crippen LogP contribution in [0.15, 0.2) is 35.3 Å². The molecule has 0 aliphatic carbocycles. The van der Waals surface area contributed by atoms with Crippen LogP contribution < -0.4 is 38.1 Å². The number of hydrogen-bond acceptors (Lipinski definition) is 9. The molecule has 1 aromatic carbocycles. The number of carbonyl (C=O) groups is 7. The maximum Gasteiger partial charge on any atom is 0.327 e. The van der Waals surface area contributed by atoms with Crippen molar-refractivity contribution in [2.45, 2.75) is 49.9 Å². The van der Waals surface area contributed by atoms with E-state index in [9.17, 15) is 48.0 Å². The van der Waals surface area contributed by atoms with Crippen LogP contribution in [0, 0.1) is 0 Å². The van der Waals surface area contributed by atoms with E-state index in [-0.39, 0.29) is 31.8 Å². The Balaban J connectivity index is 2.41. The van der Waals surface area contributed by atoms with Gasteiger partial charge in [-0.1, -0.05) is 30.3 Å². The smallest absolute Gasteiger partial charge is 0.327 e. The number of benzene rings is 1. The third-order valence-electron chi connectivity index (χ3n) is 6.23. The lowest BCUT2D eigenvalue weighted by Gasteiger charge is -2.24. The van der Waals surface area contributed by atoms with Crippen LogP contribution in [-0.2, 0) is 50.8 Å². The van der Waals surface area contributed by atoms with Gasteiger partial charge < -0.3 is 48.3 Å². The molecule has 0 spiro atoms. The summed E-state index contributed by atoms with van der Waals surface area (Å²) in [6.45, 7) is -0.652. The fourth-order valence-corrected chi connectivity index (χ4v) is 5.19. The van der Waals surface area contributed by atoms with Crippen molar-refractivity contribution < 1.29 is 48.0 Å². The fourth-order valence-electron chi connectivity index (χ4n) is 4.10. The number of nitrogens with two attached hydrogens (primary N) is 2. The number of nitrogens with zero attached hydrogens (tertiary/aromatic N) is 1. The molecule has 0 bridgehead atoms. The quantitative estimate of drug-likeness (QED) is 0.0695.